The number of hydrogen-bond acceptors (Lipinski definition) is 6. The number of nitrogen functional groups attached to an aromatic ring is 1. The summed E-state index contributed by atoms with van der Waals surface area (Å²) in [5.41, 5.74) is 5.17. The molecular formula is C29H18Cl2F4N2O5. The molecule has 0 bridgehead atoms. The Kier molecular flexibility index (Phi) is 9.71. The van der Waals surface area contributed by atoms with Crippen LogP contribution >= 0.6 is 23.2 Å². The molecule has 6 rings (SSSR count). The van der Waals surface area contributed by atoms with Gasteiger partial charge in [0.05, 0.1) is 33.6 Å². The lowest BCUT2D eigenvalue weighted by molar-refractivity contribution is 0.0443. The Labute approximate surface area is 246 Å². The van der Waals surface area contributed by atoms with Crippen molar-refractivity contribution in [3.63, 3.8) is 0 Å². The van der Waals surface area contributed by atoms with Crippen molar-refractivity contribution < 1.29 is 41.5 Å². The number of hydrogen-bond donors (Lipinski definition) is 1. The van der Waals surface area contributed by atoms with Gasteiger partial charge in [-0.1, -0.05) is 30.6 Å². The molecule has 4 aromatic rings. The largest absolute Gasteiger partial charge is 0.396 e. The highest BCUT2D eigenvalue weighted by atomic mass is 35.5. The maximum absolute atomic E-state index is 13.8. The quantitative estimate of drug-likeness (QED) is 0.0789. The third kappa shape index (κ3) is 6.59. The summed E-state index contributed by atoms with van der Waals surface area (Å²) in [6.07, 6.45) is 0. The SMILES string of the molecule is C.Nc1ccc(Cl)cc1F.O=C1OC(=O)c2cc(F)ccc21.O=C1c2ccc(F)cc2C(=O)N1c1ccc(Cl)cc1F. The van der Waals surface area contributed by atoms with Gasteiger partial charge in [0.25, 0.3) is 11.8 Å². The van der Waals surface area contributed by atoms with Gasteiger partial charge in [-0.3, -0.25) is 9.59 Å². The molecule has 0 aliphatic carbocycles. The fourth-order valence-electron chi connectivity index (χ4n) is 3.65. The van der Waals surface area contributed by atoms with Gasteiger partial charge in [-0.05, 0) is 72.8 Å². The zero-order chi connectivity index (χ0) is 30.0. The van der Waals surface area contributed by atoms with Gasteiger partial charge in [-0.15, -0.1) is 0 Å². The molecule has 0 radical (unpaired) electrons. The van der Waals surface area contributed by atoms with E-state index in [0.29, 0.717) is 9.92 Å². The molecule has 0 saturated carbocycles. The Morgan fingerprint density at radius 1 is 0.595 bits per heavy atom. The van der Waals surface area contributed by atoms with Crippen LogP contribution in [-0.2, 0) is 4.74 Å². The van der Waals surface area contributed by atoms with Crippen molar-refractivity contribution in [3.8, 4) is 0 Å². The lowest BCUT2D eigenvalue weighted by Gasteiger charge is -2.14. The first kappa shape index (κ1) is 31.8. The van der Waals surface area contributed by atoms with Gasteiger partial charge in [0.15, 0.2) is 0 Å². The molecule has 0 fully saturated rings. The van der Waals surface area contributed by atoms with E-state index < -0.39 is 47.0 Å². The number of esters is 2. The zero-order valence-electron chi connectivity index (χ0n) is 20.3. The van der Waals surface area contributed by atoms with Crippen LogP contribution in [0.3, 0.4) is 0 Å². The van der Waals surface area contributed by atoms with Gasteiger partial charge in [0.2, 0.25) is 0 Å². The molecule has 0 aromatic heterocycles. The van der Waals surface area contributed by atoms with Crippen LogP contribution in [-0.4, -0.2) is 23.8 Å². The Bertz CT molecular complexity index is 1750. The Balaban J connectivity index is 0.000000188. The fourth-order valence-corrected chi connectivity index (χ4v) is 3.97. The Morgan fingerprint density at radius 2 is 1.10 bits per heavy atom. The number of cyclic esters (lactones) is 2. The van der Waals surface area contributed by atoms with E-state index >= 15 is 0 Å². The molecule has 0 saturated heterocycles. The molecular weight excluding hydrogens is 603 g/mol. The molecule has 0 spiro atoms. The summed E-state index contributed by atoms with van der Waals surface area (Å²) in [5.74, 6) is -5.40. The third-order valence-corrected chi connectivity index (χ3v) is 6.04. The van der Waals surface area contributed by atoms with Crippen LogP contribution in [0, 0.1) is 23.3 Å². The van der Waals surface area contributed by atoms with E-state index in [2.05, 4.69) is 4.74 Å². The summed E-state index contributed by atoms with van der Waals surface area (Å²) >= 11 is 11.0. The average Bonchev–Trinajstić information content (AvgIpc) is 3.33. The minimum absolute atomic E-state index is 0. The summed E-state index contributed by atoms with van der Waals surface area (Å²) in [6, 6.07) is 14.3. The number of imide groups is 1. The van der Waals surface area contributed by atoms with Crippen molar-refractivity contribution >= 4 is 58.3 Å². The molecule has 2 aliphatic rings. The van der Waals surface area contributed by atoms with Crippen molar-refractivity contribution in [2.75, 3.05) is 10.6 Å². The number of benzene rings is 4. The molecule has 7 nitrogen and oxygen atoms in total. The zero-order valence-corrected chi connectivity index (χ0v) is 21.8. The van der Waals surface area contributed by atoms with E-state index in [1.807, 2.05) is 0 Å². The molecule has 216 valence electrons. The van der Waals surface area contributed by atoms with Crippen LogP contribution in [0.4, 0.5) is 28.9 Å². The number of anilines is 2. The maximum Gasteiger partial charge on any atom is 0.347 e. The second-order valence-electron chi connectivity index (χ2n) is 8.26. The van der Waals surface area contributed by atoms with Crippen LogP contribution in [0.2, 0.25) is 10.0 Å². The highest BCUT2D eigenvalue weighted by molar-refractivity contribution is 6.35. The standard InChI is InChI=1S/C14H6ClF2NO2.C8H3FO3.C6H5ClFN.CH4/c15-7-1-4-12(11(17)5-7)18-13(19)9-3-2-8(16)6-10(9)14(18)20;9-4-1-2-5-6(3-4)8(11)12-7(5)10;7-4-1-2-6(9)5(8)3-4;/h1-6H;1-3H;1-3H,9H2;1H4. The van der Waals surface area contributed by atoms with Gasteiger partial charge in [-0.25, -0.2) is 32.1 Å². The van der Waals surface area contributed by atoms with E-state index in [-0.39, 0.29) is 46.1 Å². The van der Waals surface area contributed by atoms with Crippen LogP contribution in [0.5, 0.6) is 0 Å². The van der Waals surface area contributed by atoms with Gasteiger partial charge in [-0.2, -0.15) is 0 Å². The van der Waals surface area contributed by atoms with E-state index in [1.54, 1.807) is 6.07 Å². The summed E-state index contributed by atoms with van der Waals surface area (Å²) < 4.78 is 56.2. The highest BCUT2D eigenvalue weighted by Gasteiger charge is 2.38. The topological polar surface area (TPSA) is 107 Å². The van der Waals surface area contributed by atoms with E-state index in [9.17, 15) is 36.7 Å². The first-order valence-electron chi connectivity index (χ1n) is 11.3. The van der Waals surface area contributed by atoms with Gasteiger partial charge in [0, 0.05) is 10.0 Å². The number of carbonyl (C=O) groups excluding carboxylic acids is 4. The fraction of sp³-hybridized carbons (Fsp3) is 0.0345. The summed E-state index contributed by atoms with van der Waals surface area (Å²) in [7, 11) is 0. The van der Waals surface area contributed by atoms with E-state index in [1.165, 1.54) is 36.4 Å². The summed E-state index contributed by atoms with van der Waals surface area (Å²) in [5, 5.41) is 0.510. The summed E-state index contributed by atoms with van der Waals surface area (Å²) in [6.45, 7) is 0. The maximum atomic E-state index is 13.8. The van der Waals surface area contributed by atoms with Crippen LogP contribution in [0.25, 0.3) is 0 Å². The normalized spacial score (nSPS) is 12.8. The minimum atomic E-state index is -0.799. The van der Waals surface area contributed by atoms with Gasteiger partial charge >= 0.3 is 11.9 Å². The summed E-state index contributed by atoms with van der Waals surface area (Å²) in [4.78, 5) is 46.6. The number of halogens is 6. The number of nitrogens with two attached hydrogens (primary N) is 1. The first-order valence-corrected chi connectivity index (χ1v) is 12.0. The number of rotatable bonds is 1. The van der Waals surface area contributed by atoms with Crippen LogP contribution in [0.1, 0.15) is 48.9 Å². The molecule has 0 atom stereocenters. The van der Waals surface area contributed by atoms with Crippen molar-refractivity contribution in [1.82, 2.24) is 0 Å². The Morgan fingerprint density at radius 3 is 1.67 bits per heavy atom. The number of fused-ring (bicyclic) bond motifs is 2. The number of carbonyl (C=O) groups is 4. The molecule has 13 heteroatoms. The van der Waals surface area contributed by atoms with Gasteiger partial charge in [0.1, 0.15) is 23.3 Å². The molecule has 2 heterocycles. The second-order valence-corrected chi connectivity index (χ2v) is 9.14. The predicted octanol–water partition coefficient (Wildman–Crippen LogP) is 7.25. The van der Waals surface area contributed by atoms with Crippen molar-refractivity contribution in [2.45, 2.75) is 7.43 Å². The van der Waals surface area contributed by atoms with E-state index in [4.69, 9.17) is 28.9 Å². The lowest BCUT2D eigenvalue weighted by Crippen LogP contribution is -2.30. The molecule has 2 amide bonds. The number of ether oxygens (including phenoxy) is 1. The molecule has 42 heavy (non-hydrogen) atoms. The second kappa shape index (κ2) is 12.8. The molecule has 2 aliphatic heterocycles. The Hall–Kier alpha value is -4.74. The van der Waals surface area contributed by atoms with Crippen LogP contribution < -0.4 is 10.6 Å². The van der Waals surface area contributed by atoms with Crippen LogP contribution in [0.15, 0.2) is 72.8 Å². The van der Waals surface area contributed by atoms with E-state index in [0.717, 1.165) is 30.3 Å². The molecule has 0 unspecified atom stereocenters. The average molecular weight is 621 g/mol. The predicted molar refractivity (Wildman–Crippen MR) is 148 cm³/mol. The monoisotopic (exact) mass is 620 g/mol. The minimum Gasteiger partial charge on any atom is -0.396 e. The van der Waals surface area contributed by atoms with Gasteiger partial charge < -0.3 is 10.5 Å². The van der Waals surface area contributed by atoms with Crippen molar-refractivity contribution in [1.29, 1.82) is 0 Å². The molecule has 4 aromatic carbocycles. The van der Waals surface area contributed by atoms with Crippen molar-refractivity contribution in [3.05, 3.63) is 128 Å². The lowest BCUT2D eigenvalue weighted by atomic mass is 10.1. The number of nitrogens with zero attached hydrogens (tertiary/aromatic N) is 1. The van der Waals surface area contributed by atoms with Crippen molar-refractivity contribution in [2.24, 2.45) is 0 Å². The molecule has 2 N–H and O–H groups in total. The smallest absolute Gasteiger partial charge is 0.347 e. The third-order valence-electron chi connectivity index (χ3n) is 5.57. The first-order chi connectivity index (χ1) is 19.4. The highest BCUT2D eigenvalue weighted by Crippen LogP contribution is 2.31. The number of amides is 2.